The number of aromatic nitrogens is 2. The van der Waals surface area contributed by atoms with Gasteiger partial charge in [0, 0.05) is 18.8 Å². The number of carbonyl (C=O) groups excluding carboxylic acids is 1. The van der Waals surface area contributed by atoms with E-state index in [0.717, 1.165) is 51.9 Å². The highest BCUT2D eigenvalue weighted by molar-refractivity contribution is 5.89. The molecule has 1 heterocycles. The van der Waals surface area contributed by atoms with Gasteiger partial charge < -0.3 is 15.0 Å². The zero-order valence-corrected chi connectivity index (χ0v) is 25.2. The maximum atomic E-state index is 12.6. The van der Waals surface area contributed by atoms with Gasteiger partial charge in [0.05, 0.1) is 12.0 Å². The van der Waals surface area contributed by atoms with E-state index in [2.05, 4.69) is 82.7 Å². The van der Waals surface area contributed by atoms with Crippen molar-refractivity contribution in [3.8, 4) is 11.1 Å². The molecule has 1 fully saturated rings. The van der Waals surface area contributed by atoms with Crippen LogP contribution >= 0.6 is 0 Å². The molecule has 5 nitrogen and oxygen atoms in total. The molecule has 222 valence electrons. The maximum absolute atomic E-state index is 12.6. The molecule has 1 saturated carbocycles. The van der Waals surface area contributed by atoms with E-state index in [1.807, 2.05) is 79.3 Å². The second kappa shape index (κ2) is 11.7. The Balaban J connectivity index is 1.34. The number of imidazole rings is 1. The molecule has 1 aliphatic rings. The van der Waals surface area contributed by atoms with Crippen molar-refractivity contribution in [2.45, 2.75) is 30.9 Å². The number of aliphatic hydroxyl groups is 1. The van der Waals surface area contributed by atoms with E-state index in [0.29, 0.717) is 5.69 Å². The quantitative estimate of drug-likeness (QED) is 0.168. The molecule has 1 unspecified atom stereocenters. The first-order valence-electron chi connectivity index (χ1n) is 15.4. The monoisotopic (exact) mass is 589 g/mol. The lowest BCUT2D eigenvalue weighted by Crippen LogP contribution is -2.37. The summed E-state index contributed by atoms with van der Waals surface area (Å²) in [5.41, 5.74) is 5.57. The summed E-state index contributed by atoms with van der Waals surface area (Å²) in [4.78, 5) is 16.5. The molecule has 0 spiro atoms. The third-order valence-electron chi connectivity index (χ3n) is 8.94. The summed E-state index contributed by atoms with van der Waals surface area (Å²) in [6, 6.07) is 47.4. The molecule has 45 heavy (non-hydrogen) atoms. The first kappa shape index (κ1) is 28.5. The summed E-state index contributed by atoms with van der Waals surface area (Å²) in [7, 11) is 0. The predicted molar refractivity (Wildman–Crippen MR) is 179 cm³/mol. The van der Waals surface area contributed by atoms with Gasteiger partial charge in [-0.05, 0) is 64.3 Å². The van der Waals surface area contributed by atoms with Crippen LogP contribution in [-0.2, 0) is 15.9 Å². The largest absolute Gasteiger partial charge is 0.378 e. The number of rotatable bonds is 9. The number of anilines is 1. The summed E-state index contributed by atoms with van der Waals surface area (Å²) in [6.07, 6.45) is 5.78. The van der Waals surface area contributed by atoms with Crippen molar-refractivity contribution in [3.05, 3.63) is 180 Å². The van der Waals surface area contributed by atoms with Gasteiger partial charge in [0.1, 0.15) is 11.1 Å². The number of carbonyl (C=O) groups is 1. The minimum atomic E-state index is -1.24. The van der Waals surface area contributed by atoms with E-state index in [1.165, 1.54) is 6.92 Å². The average Bonchev–Trinajstić information content (AvgIpc) is 3.83. The third-order valence-corrected chi connectivity index (χ3v) is 8.94. The summed E-state index contributed by atoms with van der Waals surface area (Å²) < 4.78 is 2.16. The first-order valence-corrected chi connectivity index (χ1v) is 15.4. The lowest BCUT2D eigenvalue weighted by atomic mass is 9.76. The number of hydrogen-bond donors (Lipinski definition) is 2. The van der Waals surface area contributed by atoms with Crippen molar-refractivity contribution in [2.24, 2.45) is 5.92 Å². The van der Waals surface area contributed by atoms with E-state index < -0.39 is 11.1 Å². The van der Waals surface area contributed by atoms with Crippen LogP contribution in [0.1, 0.15) is 47.7 Å². The van der Waals surface area contributed by atoms with Crippen LogP contribution in [0, 0.1) is 5.92 Å². The Morgan fingerprint density at radius 1 is 0.711 bits per heavy atom. The van der Waals surface area contributed by atoms with Gasteiger partial charge in [-0.3, -0.25) is 4.79 Å². The van der Waals surface area contributed by atoms with E-state index in [4.69, 9.17) is 4.98 Å². The van der Waals surface area contributed by atoms with Crippen molar-refractivity contribution in [3.63, 3.8) is 0 Å². The first-order chi connectivity index (χ1) is 22.0. The van der Waals surface area contributed by atoms with Gasteiger partial charge in [0.25, 0.3) is 0 Å². The van der Waals surface area contributed by atoms with E-state index in [1.54, 1.807) is 0 Å². The number of benzene rings is 5. The van der Waals surface area contributed by atoms with Crippen LogP contribution in [0.25, 0.3) is 11.1 Å². The summed E-state index contributed by atoms with van der Waals surface area (Å²) >= 11 is 0. The number of amides is 1. The van der Waals surface area contributed by atoms with Crippen molar-refractivity contribution in [1.82, 2.24) is 9.55 Å². The average molecular weight is 590 g/mol. The van der Waals surface area contributed by atoms with Gasteiger partial charge in [0.2, 0.25) is 5.91 Å². The lowest BCUT2D eigenvalue weighted by Gasteiger charge is -2.37. The van der Waals surface area contributed by atoms with E-state index in [-0.39, 0.29) is 11.8 Å². The molecule has 0 aliphatic heterocycles. The molecule has 5 aromatic carbocycles. The Morgan fingerprint density at radius 2 is 1.27 bits per heavy atom. The van der Waals surface area contributed by atoms with Gasteiger partial charge >= 0.3 is 0 Å². The number of hydrogen-bond acceptors (Lipinski definition) is 3. The molecule has 6 aromatic rings. The lowest BCUT2D eigenvalue weighted by molar-refractivity contribution is -0.114. The fraction of sp³-hybridized carbons (Fsp3) is 0.150. The SMILES string of the molecule is CC(=O)Nc1cccc(-c2ccc(C(O)(c3cn(C(c4ccccc4)(c4ccccc4)c4ccccc4)cn3)C3CC3)cc2)c1. The van der Waals surface area contributed by atoms with E-state index in [9.17, 15) is 9.90 Å². The molecule has 2 N–H and O–H groups in total. The Hall–Kier alpha value is -5.26. The van der Waals surface area contributed by atoms with E-state index >= 15 is 0 Å². The maximum Gasteiger partial charge on any atom is 0.221 e. The standard InChI is InChI=1S/C40H35N3O2/c1-29(44)42-37-19-11-12-31(26-37)30-20-22-35(23-21-30)40(45,36-24-25-36)38-27-43(28-41-38)39(32-13-5-2-6-14-32,33-15-7-3-8-16-33)34-17-9-4-10-18-34/h2-23,26-28,36,45H,24-25H2,1H3,(H,42,44). The minimum absolute atomic E-state index is 0.0781. The highest BCUT2D eigenvalue weighted by Crippen LogP contribution is 2.50. The van der Waals surface area contributed by atoms with Crippen LogP contribution in [-0.4, -0.2) is 20.6 Å². The Kier molecular flexibility index (Phi) is 7.40. The topological polar surface area (TPSA) is 67.2 Å². The van der Waals surface area contributed by atoms with Crippen molar-refractivity contribution in [2.75, 3.05) is 5.32 Å². The highest BCUT2D eigenvalue weighted by atomic mass is 16.3. The minimum Gasteiger partial charge on any atom is -0.378 e. The van der Waals surface area contributed by atoms with Crippen LogP contribution < -0.4 is 5.32 Å². The van der Waals surface area contributed by atoms with Gasteiger partial charge in [0.15, 0.2) is 0 Å². The molecule has 0 saturated heterocycles. The second-order valence-electron chi connectivity index (χ2n) is 11.9. The fourth-order valence-corrected chi connectivity index (χ4v) is 6.68. The Bertz CT molecular complexity index is 1820. The van der Waals surface area contributed by atoms with Crippen LogP contribution in [0.15, 0.2) is 152 Å². The highest BCUT2D eigenvalue weighted by Gasteiger charge is 2.49. The molecular formula is C40H35N3O2. The molecular weight excluding hydrogens is 554 g/mol. The van der Waals surface area contributed by atoms with Crippen molar-refractivity contribution >= 4 is 11.6 Å². The molecule has 1 amide bonds. The number of nitrogens with zero attached hydrogens (tertiary/aromatic N) is 2. The van der Waals surface area contributed by atoms with Crippen LogP contribution in [0.3, 0.4) is 0 Å². The molecule has 1 aromatic heterocycles. The fourth-order valence-electron chi connectivity index (χ4n) is 6.68. The van der Waals surface area contributed by atoms with Crippen molar-refractivity contribution < 1.29 is 9.90 Å². The molecule has 1 aliphatic carbocycles. The third kappa shape index (κ3) is 5.15. The van der Waals surface area contributed by atoms with Gasteiger partial charge in [-0.15, -0.1) is 0 Å². The molecule has 5 heteroatoms. The summed E-state index contributed by atoms with van der Waals surface area (Å²) in [6.45, 7) is 1.51. The van der Waals surface area contributed by atoms with Gasteiger partial charge in [-0.25, -0.2) is 4.98 Å². The molecule has 7 rings (SSSR count). The predicted octanol–water partition coefficient (Wildman–Crippen LogP) is 7.99. The van der Waals surface area contributed by atoms with Crippen LogP contribution in [0.4, 0.5) is 5.69 Å². The van der Waals surface area contributed by atoms with Crippen LogP contribution in [0.2, 0.25) is 0 Å². The Morgan fingerprint density at radius 3 is 1.78 bits per heavy atom. The van der Waals surface area contributed by atoms with Gasteiger partial charge in [-0.1, -0.05) is 127 Å². The zero-order chi connectivity index (χ0) is 30.9. The summed E-state index contributed by atoms with van der Waals surface area (Å²) in [5, 5.41) is 15.4. The molecule has 0 bridgehead atoms. The van der Waals surface area contributed by atoms with Gasteiger partial charge in [-0.2, -0.15) is 0 Å². The normalized spacial score (nSPS) is 14.4. The Labute approximate surface area is 263 Å². The van der Waals surface area contributed by atoms with Crippen molar-refractivity contribution in [1.29, 1.82) is 0 Å². The second-order valence-corrected chi connectivity index (χ2v) is 11.9. The summed E-state index contributed by atoms with van der Waals surface area (Å²) in [5.74, 6) is -0.0263. The van der Waals surface area contributed by atoms with Crippen LogP contribution in [0.5, 0.6) is 0 Å². The zero-order valence-electron chi connectivity index (χ0n) is 25.2. The molecule has 0 radical (unpaired) electrons. The number of nitrogens with one attached hydrogen (secondary N) is 1. The molecule has 1 atom stereocenters. The smallest absolute Gasteiger partial charge is 0.221 e.